The number of hydrogen-bond acceptors (Lipinski definition) is 2. The van der Waals surface area contributed by atoms with Gasteiger partial charge >= 0.3 is 0 Å². The Balaban J connectivity index is 2.47. The molecule has 0 saturated carbocycles. The number of Topliss-reactive ketones (excluding diaryl/α,β-unsaturated/α-hetero) is 1. The van der Waals surface area contributed by atoms with Gasteiger partial charge in [-0.2, -0.15) is 0 Å². The molecule has 0 aliphatic rings. The van der Waals surface area contributed by atoms with Crippen LogP contribution in [0.5, 0.6) is 5.75 Å². The highest BCUT2D eigenvalue weighted by atomic mass is 16.5. The molecule has 0 N–H and O–H groups in total. The highest BCUT2D eigenvalue weighted by Crippen LogP contribution is 2.15. The van der Waals surface area contributed by atoms with E-state index in [-0.39, 0.29) is 5.78 Å². The van der Waals surface area contributed by atoms with Gasteiger partial charge in [-0.25, -0.2) is 0 Å². The van der Waals surface area contributed by atoms with Crippen LogP contribution in [0.3, 0.4) is 0 Å². The van der Waals surface area contributed by atoms with E-state index in [1.165, 1.54) is 0 Å². The highest BCUT2D eigenvalue weighted by molar-refractivity contribution is 5.78. The SMILES string of the molecule is CCC(CC)COc1ccc(CC(C)=O)cc1. The Morgan fingerprint density at radius 3 is 2.24 bits per heavy atom. The summed E-state index contributed by atoms with van der Waals surface area (Å²) in [5.74, 6) is 1.71. The summed E-state index contributed by atoms with van der Waals surface area (Å²) < 4.78 is 5.72. The molecule has 0 aliphatic carbocycles. The van der Waals surface area contributed by atoms with Crippen LogP contribution in [-0.2, 0) is 11.2 Å². The number of rotatable bonds is 7. The molecule has 1 rings (SSSR count). The van der Waals surface area contributed by atoms with Gasteiger partial charge in [-0.15, -0.1) is 0 Å². The Labute approximate surface area is 104 Å². The van der Waals surface area contributed by atoms with Crippen LogP contribution >= 0.6 is 0 Å². The fourth-order valence-electron chi connectivity index (χ4n) is 1.73. The number of hydrogen-bond donors (Lipinski definition) is 0. The molecule has 0 bridgehead atoms. The fraction of sp³-hybridized carbons (Fsp3) is 0.533. The van der Waals surface area contributed by atoms with Crippen LogP contribution < -0.4 is 4.74 Å². The monoisotopic (exact) mass is 234 g/mol. The first-order valence-corrected chi connectivity index (χ1v) is 6.36. The van der Waals surface area contributed by atoms with E-state index in [4.69, 9.17) is 4.74 Å². The minimum Gasteiger partial charge on any atom is -0.493 e. The first-order valence-electron chi connectivity index (χ1n) is 6.36. The number of carbonyl (C=O) groups is 1. The van der Waals surface area contributed by atoms with E-state index in [1.807, 2.05) is 24.3 Å². The third kappa shape index (κ3) is 5.03. The predicted molar refractivity (Wildman–Crippen MR) is 70.4 cm³/mol. The summed E-state index contributed by atoms with van der Waals surface area (Å²) in [6.45, 7) is 6.76. The minimum absolute atomic E-state index is 0.190. The molecule has 94 valence electrons. The smallest absolute Gasteiger partial charge is 0.134 e. The van der Waals surface area contributed by atoms with Crippen molar-refractivity contribution in [3.8, 4) is 5.75 Å². The summed E-state index contributed by atoms with van der Waals surface area (Å²) in [6, 6.07) is 7.81. The Hall–Kier alpha value is -1.31. The van der Waals surface area contributed by atoms with E-state index < -0.39 is 0 Å². The molecular weight excluding hydrogens is 212 g/mol. The van der Waals surface area contributed by atoms with Gasteiger partial charge in [0.05, 0.1) is 6.61 Å². The largest absolute Gasteiger partial charge is 0.493 e. The maximum atomic E-state index is 11.0. The van der Waals surface area contributed by atoms with Crippen molar-refractivity contribution < 1.29 is 9.53 Å². The normalized spacial score (nSPS) is 10.6. The van der Waals surface area contributed by atoms with Crippen molar-refractivity contribution in [1.29, 1.82) is 0 Å². The quantitative estimate of drug-likeness (QED) is 0.720. The predicted octanol–water partition coefficient (Wildman–Crippen LogP) is 3.63. The molecule has 1 aromatic rings. The standard InChI is InChI=1S/C15H22O2/c1-4-13(5-2)11-17-15-8-6-14(7-9-15)10-12(3)16/h6-9,13H,4-5,10-11H2,1-3H3. The van der Waals surface area contributed by atoms with Gasteiger partial charge in [0.25, 0.3) is 0 Å². The number of ether oxygens (including phenoxy) is 1. The van der Waals surface area contributed by atoms with E-state index in [0.717, 1.165) is 30.8 Å². The molecular formula is C15H22O2. The van der Waals surface area contributed by atoms with Crippen LogP contribution in [0.2, 0.25) is 0 Å². The molecule has 0 aromatic heterocycles. The first kappa shape index (κ1) is 13.8. The number of ketones is 1. The Kier molecular flexibility index (Phi) is 5.75. The van der Waals surface area contributed by atoms with Crippen molar-refractivity contribution in [3.63, 3.8) is 0 Å². The zero-order chi connectivity index (χ0) is 12.7. The van der Waals surface area contributed by atoms with E-state index in [9.17, 15) is 4.79 Å². The topological polar surface area (TPSA) is 26.3 Å². The minimum atomic E-state index is 0.190. The van der Waals surface area contributed by atoms with Gasteiger partial charge in [0, 0.05) is 6.42 Å². The second-order valence-corrected chi connectivity index (χ2v) is 4.52. The molecule has 0 atom stereocenters. The van der Waals surface area contributed by atoms with E-state index in [1.54, 1.807) is 6.92 Å². The van der Waals surface area contributed by atoms with Crippen molar-refractivity contribution in [2.75, 3.05) is 6.61 Å². The molecule has 0 spiro atoms. The third-order valence-corrected chi connectivity index (χ3v) is 3.02. The molecule has 0 radical (unpaired) electrons. The van der Waals surface area contributed by atoms with Crippen molar-refractivity contribution >= 4 is 5.78 Å². The van der Waals surface area contributed by atoms with Gasteiger partial charge in [-0.05, 0) is 30.5 Å². The van der Waals surface area contributed by atoms with Crippen molar-refractivity contribution in [2.45, 2.75) is 40.0 Å². The van der Waals surface area contributed by atoms with E-state index >= 15 is 0 Å². The second kappa shape index (κ2) is 7.10. The van der Waals surface area contributed by atoms with E-state index in [2.05, 4.69) is 13.8 Å². The Bertz CT molecular complexity index is 336. The van der Waals surface area contributed by atoms with Crippen LogP contribution in [0.1, 0.15) is 39.2 Å². The second-order valence-electron chi connectivity index (χ2n) is 4.52. The third-order valence-electron chi connectivity index (χ3n) is 3.02. The first-order chi connectivity index (χ1) is 8.15. The van der Waals surface area contributed by atoms with Crippen molar-refractivity contribution in [2.24, 2.45) is 5.92 Å². The summed E-state index contributed by atoms with van der Waals surface area (Å²) in [5, 5.41) is 0. The van der Waals surface area contributed by atoms with Crippen LogP contribution in [0.4, 0.5) is 0 Å². The van der Waals surface area contributed by atoms with Gasteiger partial charge in [-0.3, -0.25) is 4.79 Å². The molecule has 17 heavy (non-hydrogen) atoms. The lowest BCUT2D eigenvalue weighted by Crippen LogP contribution is -2.10. The fourth-order valence-corrected chi connectivity index (χ4v) is 1.73. The van der Waals surface area contributed by atoms with Gasteiger partial charge in [0.2, 0.25) is 0 Å². The summed E-state index contributed by atoms with van der Waals surface area (Å²) >= 11 is 0. The molecule has 2 heteroatoms. The lowest BCUT2D eigenvalue weighted by atomic mass is 10.1. The van der Waals surface area contributed by atoms with Crippen molar-refractivity contribution in [3.05, 3.63) is 29.8 Å². The summed E-state index contributed by atoms with van der Waals surface area (Å²) in [5.41, 5.74) is 1.05. The average molecular weight is 234 g/mol. The summed E-state index contributed by atoms with van der Waals surface area (Å²) in [4.78, 5) is 11.0. The zero-order valence-corrected chi connectivity index (χ0v) is 11.0. The molecule has 0 unspecified atom stereocenters. The Morgan fingerprint density at radius 2 is 1.76 bits per heavy atom. The van der Waals surface area contributed by atoms with Gasteiger partial charge in [0.1, 0.15) is 11.5 Å². The molecule has 0 heterocycles. The maximum Gasteiger partial charge on any atom is 0.134 e. The lowest BCUT2D eigenvalue weighted by Gasteiger charge is -2.13. The van der Waals surface area contributed by atoms with Crippen LogP contribution in [0.15, 0.2) is 24.3 Å². The molecule has 0 aliphatic heterocycles. The molecule has 0 fully saturated rings. The van der Waals surface area contributed by atoms with Gasteiger partial charge in [0.15, 0.2) is 0 Å². The van der Waals surface area contributed by atoms with Crippen molar-refractivity contribution in [1.82, 2.24) is 0 Å². The summed E-state index contributed by atoms with van der Waals surface area (Å²) in [6.07, 6.45) is 2.81. The molecule has 2 nitrogen and oxygen atoms in total. The molecule has 0 saturated heterocycles. The highest BCUT2D eigenvalue weighted by Gasteiger charge is 2.04. The number of carbonyl (C=O) groups excluding carboxylic acids is 1. The van der Waals surface area contributed by atoms with Gasteiger partial charge < -0.3 is 4.74 Å². The van der Waals surface area contributed by atoms with Crippen LogP contribution in [0.25, 0.3) is 0 Å². The molecule has 1 aromatic carbocycles. The lowest BCUT2D eigenvalue weighted by molar-refractivity contribution is -0.116. The van der Waals surface area contributed by atoms with E-state index in [0.29, 0.717) is 12.3 Å². The van der Waals surface area contributed by atoms with Crippen LogP contribution in [-0.4, -0.2) is 12.4 Å². The average Bonchev–Trinajstić information content (AvgIpc) is 2.32. The zero-order valence-electron chi connectivity index (χ0n) is 11.0. The summed E-state index contributed by atoms with van der Waals surface area (Å²) in [7, 11) is 0. The Morgan fingerprint density at radius 1 is 1.18 bits per heavy atom. The number of benzene rings is 1. The van der Waals surface area contributed by atoms with Crippen LogP contribution in [0, 0.1) is 5.92 Å². The maximum absolute atomic E-state index is 11.0. The molecule has 0 amide bonds. The van der Waals surface area contributed by atoms with Gasteiger partial charge in [-0.1, -0.05) is 38.8 Å².